The summed E-state index contributed by atoms with van der Waals surface area (Å²) in [6.07, 6.45) is 0.509. The van der Waals surface area contributed by atoms with Crippen LogP contribution in [0.2, 0.25) is 0 Å². The normalized spacial score (nSPS) is 10.5. The van der Waals surface area contributed by atoms with Gasteiger partial charge in [0.15, 0.2) is 5.78 Å². The number of aromatic nitrogens is 2. The van der Waals surface area contributed by atoms with Crippen molar-refractivity contribution in [2.45, 2.75) is 19.8 Å². The van der Waals surface area contributed by atoms with Crippen LogP contribution in [-0.2, 0) is 17.6 Å². The lowest BCUT2D eigenvalue weighted by atomic mass is 10.1. The maximum Gasteiger partial charge on any atom is 0.325 e. The van der Waals surface area contributed by atoms with Crippen LogP contribution in [0, 0.1) is 0 Å². The molecule has 8 heteroatoms. The van der Waals surface area contributed by atoms with Gasteiger partial charge in [-0.15, -0.1) is 0 Å². The monoisotopic (exact) mass is 395 g/mol. The number of rotatable bonds is 8. The molecule has 2 aromatic carbocycles. The number of nitrogens with one attached hydrogen (secondary N) is 3. The summed E-state index contributed by atoms with van der Waals surface area (Å²) in [5.41, 5.74) is 1.25. The molecule has 150 valence electrons. The molecule has 0 saturated carbocycles. The molecule has 3 rings (SSSR count). The Bertz CT molecular complexity index is 1050. The van der Waals surface area contributed by atoms with E-state index in [9.17, 15) is 19.5 Å². The molecule has 0 aliphatic carbocycles. The first-order chi connectivity index (χ1) is 13.9. The molecule has 8 nitrogen and oxygen atoms in total. The highest BCUT2D eigenvalue weighted by molar-refractivity contribution is 5.94. The van der Waals surface area contributed by atoms with Crippen molar-refractivity contribution in [3.63, 3.8) is 0 Å². The van der Waals surface area contributed by atoms with Crippen LogP contribution in [0.1, 0.15) is 28.5 Å². The van der Waals surface area contributed by atoms with Crippen LogP contribution in [0.4, 0.5) is 0 Å². The molecule has 1 amide bonds. The minimum absolute atomic E-state index is 0.00572. The van der Waals surface area contributed by atoms with E-state index in [1.54, 1.807) is 24.3 Å². The molecule has 0 aliphatic heterocycles. The van der Waals surface area contributed by atoms with Crippen molar-refractivity contribution in [3.05, 3.63) is 75.8 Å². The zero-order valence-electron chi connectivity index (χ0n) is 15.8. The molecule has 1 heterocycles. The third-order valence-corrected chi connectivity index (χ3v) is 4.28. The van der Waals surface area contributed by atoms with E-state index in [2.05, 4.69) is 15.3 Å². The van der Waals surface area contributed by atoms with E-state index in [-0.39, 0.29) is 29.7 Å². The molecule has 0 unspecified atom stereocenters. The van der Waals surface area contributed by atoms with Crippen LogP contribution < -0.4 is 15.7 Å². The lowest BCUT2D eigenvalue weighted by Gasteiger charge is -2.08. The van der Waals surface area contributed by atoms with Gasteiger partial charge in [-0.3, -0.25) is 14.6 Å². The maximum absolute atomic E-state index is 11.9. The van der Waals surface area contributed by atoms with Crippen molar-refractivity contribution < 1.29 is 19.4 Å². The first-order valence-corrected chi connectivity index (χ1v) is 9.05. The molecule has 0 bridgehead atoms. The average Bonchev–Trinajstić information content (AvgIpc) is 3.00. The minimum atomic E-state index is -0.553. The predicted octanol–water partition coefficient (Wildman–Crippen LogP) is 2.30. The Balaban J connectivity index is 1.46. The number of Topliss-reactive ketones (excluding diaryl/α,β-unsaturated/α-hetero) is 1. The van der Waals surface area contributed by atoms with Gasteiger partial charge in [0.1, 0.15) is 11.5 Å². The highest BCUT2D eigenvalue weighted by atomic mass is 16.5. The molecular weight excluding hydrogens is 374 g/mol. The van der Waals surface area contributed by atoms with Crippen LogP contribution in [0.25, 0.3) is 0 Å². The summed E-state index contributed by atoms with van der Waals surface area (Å²) in [4.78, 5) is 38.8. The Labute approximate surface area is 166 Å². The Kier molecular flexibility index (Phi) is 6.13. The van der Waals surface area contributed by atoms with Crippen LogP contribution in [-0.4, -0.2) is 33.3 Å². The van der Waals surface area contributed by atoms with Gasteiger partial charge in [0.2, 0.25) is 11.8 Å². The van der Waals surface area contributed by atoms with E-state index in [0.717, 1.165) is 5.56 Å². The van der Waals surface area contributed by atoms with Gasteiger partial charge in [-0.25, -0.2) is 4.79 Å². The maximum atomic E-state index is 11.9. The number of ether oxygens (including phenoxy) is 1. The number of aromatic amines is 2. The summed E-state index contributed by atoms with van der Waals surface area (Å²) in [6, 6.07) is 14.4. The van der Waals surface area contributed by atoms with E-state index in [1.165, 1.54) is 6.92 Å². The van der Waals surface area contributed by atoms with Crippen LogP contribution in [0.5, 0.6) is 17.4 Å². The zero-order valence-corrected chi connectivity index (χ0v) is 15.8. The third kappa shape index (κ3) is 5.58. The summed E-state index contributed by atoms with van der Waals surface area (Å²) in [7, 11) is 0. The van der Waals surface area contributed by atoms with E-state index in [4.69, 9.17) is 4.74 Å². The topological polar surface area (TPSA) is 124 Å². The van der Waals surface area contributed by atoms with Gasteiger partial charge in [-0.05, 0) is 55.3 Å². The highest BCUT2D eigenvalue weighted by Gasteiger charge is 2.10. The zero-order chi connectivity index (χ0) is 20.8. The van der Waals surface area contributed by atoms with Crippen molar-refractivity contribution in [1.82, 2.24) is 15.3 Å². The molecule has 1 aromatic heterocycles. The predicted molar refractivity (Wildman–Crippen MR) is 106 cm³/mol. The SMILES string of the molecule is CC(=O)c1ccc(Oc2ccc(CCNC(=O)Cc3[nH]c(=O)[nH]c3O)cc2)cc1. The van der Waals surface area contributed by atoms with E-state index in [0.29, 0.717) is 30.0 Å². The molecule has 0 spiro atoms. The van der Waals surface area contributed by atoms with Gasteiger partial charge >= 0.3 is 5.69 Å². The van der Waals surface area contributed by atoms with Gasteiger partial charge < -0.3 is 20.1 Å². The Hall–Kier alpha value is -3.81. The number of aromatic hydroxyl groups is 1. The van der Waals surface area contributed by atoms with Crippen molar-refractivity contribution >= 4 is 11.7 Å². The number of carbonyl (C=O) groups is 2. The third-order valence-electron chi connectivity index (χ3n) is 4.28. The molecule has 4 N–H and O–H groups in total. The Morgan fingerprint density at radius 2 is 1.62 bits per heavy atom. The number of benzene rings is 2. The summed E-state index contributed by atoms with van der Waals surface area (Å²) in [5, 5.41) is 12.2. The van der Waals surface area contributed by atoms with Crippen molar-refractivity contribution in [1.29, 1.82) is 0 Å². The molecule has 0 radical (unpaired) electrons. The average molecular weight is 395 g/mol. The minimum Gasteiger partial charge on any atom is -0.493 e. The quantitative estimate of drug-likeness (QED) is 0.436. The lowest BCUT2D eigenvalue weighted by molar-refractivity contribution is -0.120. The fraction of sp³-hybridized carbons (Fsp3) is 0.190. The van der Waals surface area contributed by atoms with Crippen LogP contribution in [0.15, 0.2) is 53.3 Å². The van der Waals surface area contributed by atoms with E-state index < -0.39 is 5.69 Å². The van der Waals surface area contributed by atoms with Crippen LogP contribution >= 0.6 is 0 Å². The largest absolute Gasteiger partial charge is 0.493 e. The molecule has 0 fully saturated rings. The van der Waals surface area contributed by atoms with Crippen molar-refractivity contribution in [3.8, 4) is 17.4 Å². The number of carbonyl (C=O) groups excluding carboxylic acids is 2. The number of hydrogen-bond donors (Lipinski definition) is 4. The number of hydrogen-bond acceptors (Lipinski definition) is 5. The Morgan fingerprint density at radius 1 is 1.00 bits per heavy atom. The van der Waals surface area contributed by atoms with Crippen molar-refractivity contribution in [2.24, 2.45) is 0 Å². The summed E-state index contributed by atoms with van der Waals surface area (Å²) in [5.74, 6) is 0.689. The first kappa shape index (κ1) is 19.9. The van der Waals surface area contributed by atoms with Gasteiger partial charge in [-0.2, -0.15) is 0 Å². The first-order valence-electron chi connectivity index (χ1n) is 9.05. The number of ketones is 1. The fourth-order valence-electron chi connectivity index (χ4n) is 2.73. The summed E-state index contributed by atoms with van der Waals surface area (Å²) >= 11 is 0. The van der Waals surface area contributed by atoms with Gasteiger partial charge in [0.05, 0.1) is 12.1 Å². The van der Waals surface area contributed by atoms with Crippen molar-refractivity contribution in [2.75, 3.05) is 6.54 Å². The smallest absolute Gasteiger partial charge is 0.325 e. The molecular formula is C21H21N3O5. The second-order valence-corrected chi connectivity index (χ2v) is 6.51. The molecule has 0 atom stereocenters. The van der Waals surface area contributed by atoms with Gasteiger partial charge in [0.25, 0.3) is 0 Å². The summed E-state index contributed by atoms with van der Waals surface area (Å²) < 4.78 is 5.75. The molecule has 0 aliphatic rings. The van der Waals surface area contributed by atoms with Gasteiger partial charge in [-0.1, -0.05) is 12.1 Å². The Morgan fingerprint density at radius 3 is 2.17 bits per heavy atom. The van der Waals surface area contributed by atoms with E-state index in [1.807, 2.05) is 24.3 Å². The molecule has 0 saturated heterocycles. The second kappa shape index (κ2) is 8.92. The second-order valence-electron chi connectivity index (χ2n) is 6.51. The lowest BCUT2D eigenvalue weighted by Crippen LogP contribution is -2.27. The number of H-pyrrole nitrogens is 2. The molecule has 29 heavy (non-hydrogen) atoms. The fourth-order valence-corrected chi connectivity index (χ4v) is 2.73. The number of amides is 1. The van der Waals surface area contributed by atoms with Gasteiger partial charge in [0, 0.05) is 12.1 Å². The van der Waals surface area contributed by atoms with E-state index >= 15 is 0 Å². The summed E-state index contributed by atoms with van der Waals surface area (Å²) in [6.45, 7) is 1.93. The number of imidazole rings is 1. The van der Waals surface area contributed by atoms with Crippen LogP contribution in [0.3, 0.4) is 0 Å². The standard InChI is InChI=1S/C21H21N3O5/c1-13(25)15-4-8-17(9-5-15)29-16-6-2-14(3-7-16)10-11-22-19(26)12-18-20(27)24-21(28)23-18/h2-9,27H,10-12H2,1H3,(H,22,26)(H2,23,24,28). The highest BCUT2D eigenvalue weighted by Crippen LogP contribution is 2.22. The molecule has 3 aromatic rings.